The highest BCUT2D eigenvalue weighted by atomic mass is 19.1. The van der Waals surface area contributed by atoms with Gasteiger partial charge in [-0.05, 0) is 35.9 Å². The van der Waals surface area contributed by atoms with E-state index >= 15 is 0 Å². The number of nitrogens with one attached hydrogen (secondary N) is 1. The van der Waals surface area contributed by atoms with Gasteiger partial charge < -0.3 is 15.2 Å². The number of halogens is 1. The van der Waals surface area contributed by atoms with Gasteiger partial charge in [-0.1, -0.05) is 12.1 Å². The van der Waals surface area contributed by atoms with Crippen molar-refractivity contribution in [3.63, 3.8) is 0 Å². The summed E-state index contributed by atoms with van der Waals surface area (Å²) in [7, 11) is 1.58. The lowest BCUT2D eigenvalue weighted by Crippen LogP contribution is -2.16. The molecule has 0 aliphatic carbocycles. The fourth-order valence-electron chi connectivity index (χ4n) is 2.40. The summed E-state index contributed by atoms with van der Waals surface area (Å²) in [6, 6.07) is 11.3. The Morgan fingerprint density at radius 3 is 2.87 bits per heavy atom. The maximum absolute atomic E-state index is 13.5. The van der Waals surface area contributed by atoms with E-state index in [0.717, 1.165) is 5.56 Å². The first kappa shape index (κ1) is 15.2. The summed E-state index contributed by atoms with van der Waals surface area (Å²) < 4.78 is 18.7. The lowest BCUT2D eigenvalue weighted by Gasteiger charge is -2.19. The van der Waals surface area contributed by atoms with E-state index in [0.29, 0.717) is 22.5 Å². The molecule has 2 N–H and O–H groups in total. The normalized spacial score (nSPS) is 12.1. The average molecular weight is 313 g/mol. The molecular formula is C17H16FN3O2. The van der Waals surface area contributed by atoms with Crippen LogP contribution in [0, 0.1) is 5.82 Å². The van der Waals surface area contributed by atoms with Crippen molar-refractivity contribution in [3.8, 4) is 5.75 Å². The zero-order valence-electron chi connectivity index (χ0n) is 12.5. The van der Waals surface area contributed by atoms with Crippen LogP contribution in [0.1, 0.15) is 11.6 Å². The molecule has 1 aromatic heterocycles. The second kappa shape index (κ2) is 6.58. The van der Waals surface area contributed by atoms with Crippen molar-refractivity contribution in [2.75, 3.05) is 19.0 Å². The van der Waals surface area contributed by atoms with Gasteiger partial charge in [-0.25, -0.2) is 14.4 Å². The number of aromatic nitrogens is 2. The van der Waals surface area contributed by atoms with Gasteiger partial charge >= 0.3 is 0 Å². The number of nitrogens with zero attached hydrogens (tertiary/aromatic N) is 2. The molecule has 1 heterocycles. The summed E-state index contributed by atoms with van der Waals surface area (Å²) in [5.74, 6) is 0.801. The Bertz CT molecular complexity index is 826. The van der Waals surface area contributed by atoms with Crippen LogP contribution in [-0.4, -0.2) is 28.8 Å². The summed E-state index contributed by atoms with van der Waals surface area (Å²) in [5.41, 5.74) is 1.47. The van der Waals surface area contributed by atoms with Crippen molar-refractivity contribution in [1.29, 1.82) is 0 Å². The molecule has 0 spiro atoms. The van der Waals surface area contributed by atoms with Crippen molar-refractivity contribution in [3.05, 3.63) is 60.2 Å². The monoisotopic (exact) mass is 313 g/mol. The van der Waals surface area contributed by atoms with Crippen molar-refractivity contribution in [1.82, 2.24) is 9.97 Å². The number of ether oxygens (including phenoxy) is 1. The first-order valence-corrected chi connectivity index (χ1v) is 7.13. The molecule has 0 radical (unpaired) electrons. The quantitative estimate of drug-likeness (QED) is 0.758. The third-order valence-electron chi connectivity index (χ3n) is 3.59. The molecule has 0 aliphatic rings. The molecule has 1 atom stereocenters. The predicted molar refractivity (Wildman–Crippen MR) is 85.9 cm³/mol. The second-order valence-electron chi connectivity index (χ2n) is 5.04. The van der Waals surface area contributed by atoms with Crippen molar-refractivity contribution in [2.45, 2.75) is 6.04 Å². The lowest BCUT2D eigenvalue weighted by atomic mass is 10.1. The summed E-state index contributed by atoms with van der Waals surface area (Å²) in [6.45, 7) is -0.145. The van der Waals surface area contributed by atoms with Crippen molar-refractivity contribution < 1.29 is 14.2 Å². The summed E-state index contributed by atoms with van der Waals surface area (Å²) in [5, 5.41) is 13.4. The number of aliphatic hydroxyl groups is 1. The Hall–Kier alpha value is -2.73. The van der Waals surface area contributed by atoms with Gasteiger partial charge in [0.25, 0.3) is 0 Å². The Morgan fingerprint density at radius 2 is 2.09 bits per heavy atom. The first-order valence-electron chi connectivity index (χ1n) is 7.13. The van der Waals surface area contributed by atoms with Gasteiger partial charge in [0, 0.05) is 5.39 Å². The molecule has 6 heteroatoms. The fraction of sp³-hybridized carbons (Fsp3) is 0.176. The number of aliphatic hydroxyl groups excluding tert-OH is 1. The van der Waals surface area contributed by atoms with Gasteiger partial charge in [-0.3, -0.25) is 0 Å². The van der Waals surface area contributed by atoms with Gasteiger partial charge in [0.05, 0.1) is 25.3 Å². The zero-order chi connectivity index (χ0) is 16.2. The van der Waals surface area contributed by atoms with Crippen LogP contribution in [0.15, 0.2) is 48.8 Å². The fourth-order valence-corrected chi connectivity index (χ4v) is 2.40. The lowest BCUT2D eigenvalue weighted by molar-refractivity contribution is 0.276. The molecule has 23 heavy (non-hydrogen) atoms. The highest BCUT2D eigenvalue weighted by molar-refractivity contribution is 5.88. The summed E-state index contributed by atoms with van der Waals surface area (Å²) in [6.07, 6.45) is 1.41. The summed E-state index contributed by atoms with van der Waals surface area (Å²) >= 11 is 0. The van der Waals surface area contributed by atoms with E-state index in [1.165, 1.54) is 18.5 Å². The highest BCUT2D eigenvalue weighted by Gasteiger charge is 2.14. The molecule has 0 saturated heterocycles. The number of fused-ring (bicyclic) bond motifs is 1. The number of methoxy groups -OCH3 is 1. The zero-order valence-corrected chi connectivity index (χ0v) is 12.5. The van der Waals surface area contributed by atoms with Crippen molar-refractivity contribution >= 4 is 16.7 Å². The Balaban J connectivity index is 1.97. The van der Waals surface area contributed by atoms with Gasteiger partial charge in [-0.2, -0.15) is 0 Å². The van der Waals surface area contributed by atoms with Crippen LogP contribution in [-0.2, 0) is 0 Å². The van der Waals surface area contributed by atoms with Crippen LogP contribution < -0.4 is 10.1 Å². The molecule has 2 aromatic carbocycles. The SMILES string of the molecule is COc1cccc(C(CO)Nc2ncnc3ccc(F)cc23)c1. The standard InChI is InChI=1S/C17H16FN3O2/c1-23-13-4-2-3-11(7-13)16(9-22)21-17-14-8-12(18)5-6-15(14)19-10-20-17/h2-8,10,16,22H,9H2,1H3,(H,19,20,21). The molecule has 0 fully saturated rings. The minimum Gasteiger partial charge on any atom is -0.497 e. The van der Waals surface area contributed by atoms with Crippen LogP contribution in [0.5, 0.6) is 5.75 Å². The Labute approximate surface area is 132 Å². The molecule has 0 aliphatic heterocycles. The molecule has 0 saturated carbocycles. The third-order valence-corrected chi connectivity index (χ3v) is 3.59. The number of hydrogen-bond donors (Lipinski definition) is 2. The van der Waals surface area contributed by atoms with E-state index < -0.39 is 6.04 Å². The Kier molecular flexibility index (Phi) is 4.34. The molecule has 3 rings (SSSR count). The van der Waals surface area contributed by atoms with E-state index in [-0.39, 0.29) is 12.4 Å². The van der Waals surface area contributed by atoms with E-state index in [4.69, 9.17) is 4.74 Å². The van der Waals surface area contributed by atoms with Crippen LogP contribution >= 0.6 is 0 Å². The maximum atomic E-state index is 13.5. The average Bonchev–Trinajstić information content (AvgIpc) is 2.59. The third kappa shape index (κ3) is 3.22. The number of hydrogen-bond acceptors (Lipinski definition) is 5. The van der Waals surface area contributed by atoms with E-state index in [1.807, 2.05) is 24.3 Å². The molecule has 118 valence electrons. The molecule has 5 nitrogen and oxygen atoms in total. The largest absolute Gasteiger partial charge is 0.497 e. The van der Waals surface area contributed by atoms with Crippen LogP contribution in [0.25, 0.3) is 10.9 Å². The minimum atomic E-state index is -0.397. The molecular weight excluding hydrogens is 297 g/mol. The van der Waals surface area contributed by atoms with Crippen LogP contribution in [0.3, 0.4) is 0 Å². The maximum Gasteiger partial charge on any atom is 0.137 e. The number of benzene rings is 2. The highest BCUT2D eigenvalue weighted by Crippen LogP contribution is 2.26. The van der Waals surface area contributed by atoms with Crippen molar-refractivity contribution in [2.24, 2.45) is 0 Å². The van der Waals surface area contributed by atoms with E-state index in [2.05, 4.69) is 15.3 Å². The van der Waals surface area contributed by atoms with Gasteiger partial charge in [-0.15, -0.1) is 0 Å². The number of rotatable bonds is 5. The number of anilines is 1. The molecule has 1 unspecified atom stereocenters. The predicted octanol–water partition coefficient (Wildman–Crippen LogP) is 2.92. The minimum absolute atomic E-state index is 0.145. The van der Waals surface area contributed by atoms with Crippen LogP contribution in [0.2, 0.25) is 0 Å². The summed E-state index contributed by atoms with van der Waals surface area (Å²) in [4.78, 5) is 8.29. The van der Waals surface area contributed by atoms with E-state index in [1.54, 1.807) is 13.2 Å². The topological polar surface area (TPSA) is 67.3 Å². The molecule has 0 bridgehead atoms. The van der Waals surface area contributed by atoms with Gasteiger partial charge in [0.15, 0.2) is 0 Å². The van der Waals surface area contributed by atoms with Gasteiger partial charge in [0.2, 0.25) is 0 Å². The van der Waals surface area contributed by atoms with E-state index in [9.17, 15) is 9.50 Å². The van der Waals surface area contributed by atoms with Crippen LogP contribution in [0.4, 0.5) is 10.2 Å². The smallest absolute Gasteiger partial charge is 0.137 e. The Morgan fingerprint density at radius 1 is 1.22 bits per heavy atom. The first-order chi connectivity index (χ1) is 11.2. The van der Waals surface area contributed by atoms with Gasteiger partial charge in [0.1, 0.15) is 23.7 Å². The molecule has 0 amide bonds. The molecule has 3 aromatic rings. The second-order valence-corrected chi connectivity index (χ2v) is 5.04.